The van der Waals surface area contributed by atoms with Gasteiger partial charge in [-0.3, -0.25) is 0 Å². The van der Waals surface area contributed by atoms with E-state index in [2.05, 4.69) is 15.9 Å². The topological polar surface area (TPSA) is 0 Å². The van der Waals surface area contributed by atoms with Crippen molar-refractivity contribution in [2.45, 2.75) is 32.1 Å². The van der Waals surface area contributed by atoms with E-state index in [1.54, 1.807) is 0 Å². The maximum atomic E-state index is 7.42. The van der Waals surface area contributed by atoms with Crippen LogP contribution in [0.2, 0.25) is 0 Å². The van der Waals surface area contributed by atoms with Gasteiger partial charge < -0.3 is 0 Å². The molecule has 0 N–H and O–H groups in total. The second-order valence-electron chi connectivity index (χ2n) is 2.46. The van der Waals surface area contributed by atoms with Crippen LogP contribution in [-0.4, -0.2) is 5.33 Å². The van der Waals surface area contributed by atoms with Crippen LogP contribution in [0.1, 0.15) is 33.5 Å². The molecule has 1 heteroatoms. The van der Waals surface area contributed by atoms with Crippen molar-refractivity contribution in [3.05, 3.63) is 0 Å². The molecule has 1 rings (SSSR count). The zero-order valence-corrected chi connectivity index (χ0v) is 6.65. The van der Waals surface area contributed by atoms with Crippen LogP contribution in [0.5, 0.6) is 0 Å². The van der Waals surface area contributed by atoms with E-state index in [4.69, 9.17) is 1.37 Å². The molecule has 0 aliphatic heterocycles. The first-order chi connectivity index (χ1) is 4.33. The number of rotatable bonds is 1. The lowest BCUT2D eigenvalue weighted by Gasteiger charge is -2.18. The quantitative estimate of drug-likeness (QED) is 0.541. The van der Waals surface area contributed by atoms with Gasteiger partial charge in [0.2, 0.25) is 0 Å². The van der Waals surface area contributed by atoms with Crippen LogP contribution in [0.4, 0.5) is 0 Å². The molecule has 0 amide bonds. The van der Waals surface area contributed by atoms with Gasteiger partial charge in [0.25, 0.3) is 0 Å². The van der Waals surface area contributed by atoms with Crippen molar-refractivity contribution in [1.82, 2.24) is 0 Å². The average molecular weight is 178 g/mol. The third-order valence-corrected chi connectivity index (χ3v) is 2.69. The van der Waals surface area contributed by atoms with Crippen LogP contribution >= 0.6 is 15.9 Å². The smallest absolute Gasteiger partial charge is 0.0267 e. The Morgan fingerprint density at radius 3 is 2.62 bits per heavy atom. The van der Waals surface area contributed by atoms with Crippen molar-refractivity contribution in [3.8, 4) is 0 Å². The van der Waals surface area contributed by atoms with Gasteiger partial charge in [-0.15, -0.1) is 0 Å². The third kappa shape index (κ3) is 1.77. The summed E-state index contributed by atoms with van der Waals surface area (Å²) in [6.07, 6.45) is 5.02. The fourth-order valence-corrected chi connectivity index (χ4v) is 1.80. The largest absolute Gasteiger partial charge is 0.0925 e. The van der Waals surface area contributed by atoms with Crippen LogP contribution < -0.4 is 0 Å². The van der Waals surface area contributed by atoms with Gasteiger partial charge in [-0.25, -0.2) is 0 Å². The average Bonchev–Trinajstić information content (AvgIpc) is 1.90. The lowest BCUT2D eigenvalue weighted by molar-refractivity contribution is 0.392. The minimum absolute atomic E-state index is 0.250. The second-order valence-corrected chi connectivity index (χ2v) is 3.11. The Kier molecular flexibility index (Phi) is 2.31. The van der Waals surface area contributed by atoms with E-state index in [0.29, 0.717) is 0 Å². The molecular weight excluding hydrogens is 164 g/mol. The molecular formula is C7H13Br. The molecule has 1 fully saturated rings. The van der Waals surface area contributed by atoms with Crippen molar-refractivity contribution in [1.29, 1.82) is 0 Å². The van der Waals surface area contributed by atoms with E-state index in [0.717, 1.165) is 24.1 Å². The molecule has 0 heterocycles. The number of hydrogen-bond donors (Lipinski definition) is 0. The summed E-state index contributed by atoms with van der Waals surface area (Å²) >= 11 is 3.47. The molecule has 0 aromatic heterocycles. The summed E-state index contributed by atoms with van der Waals surface area (Å²) < 4.78 is 7.42. The van der Waals surface area contributed by atoms with Crippen LogP contribution in [-0.2, 0) is 0 Å². The Hall–Kier alpha value is 0.480. The number of alkyl halides is 1. The molecule has 0 aromatic rings. The highest BCUT2D eigenvalue weighted by Crippen LogP contribution is 2.24. The van der Waals surface area contributed by atoms with E-state index in [-0.39, 0.29) is 6.40 Å². The minimum Gasteiger partial charge on any atom is -0.0925 e. The molecule has 0 bridgehead atoms. The second kappa shape index (κ2) is 3.49. The van der Waals surface area contributed by atoms with E-state index in [1.165, 1.54) is 12.8 Å². The van der Waals surface area contributed by atoms with Gasteiger partial charge in [-0.1, -0.05) is 35.2 Å². The summed E-state index contributed by atoms with van der Waals surface area (Å²) in [6.45, 7) is 0. The SMILES string of the molecule is [2H]C1CCC(CBr)CC1. The molecule has 0 aromatic carbocycles. The third-order valence-electron chi connectivity index (χ3n) is 1.78. The predicted octanol–water partition coefficient (Wildman–Crippen LogP) is 2.96. The Labute approximate surface area is 61.2 Å². The molecule has 8 heavy (non-hydrogen) atoms. The van der Waals surface area contributed by atoms with Crippen LogP contribution in [0, 0.1) is 5.92 Å². The van der Waals surface area contributed by atoms with Crippen LogP contribution in [0.15, 0.2) is 0 Å². The lowest BCUT2D eigenvalue weighted by Crippen LogP contribution is -2.06. The molecule has 0 radical (unpaired) electrons. The monoisotopic (exact) mass is 177 g/mol. The van der Waals surface area contributed by atoms with Crippen molar-refractivity contribution in [3.63, 3.8) is 0 Å². The highest BCUT2D eigenvalue weighted by molar-refractivity contribution is 9.09. The molecule has 0 nitrogen and oxygen atoms in total. The number of halogens is 1. The summed E-state index contributed by atoms with van der Waals surface area (Å²) in [5.41, 5.74) is 0. The first kappa shape index (κ1) is 5.28. The van der Waals surface area contributed by atoms with Crippen LogP contribution in [0.25, 0.3) is 0 Å². The highest BCUT2D eigenvalue weighted by Gasteiger charge is 2.10. The van der Waals surface area contributed by atoms with Gasteiger partial charge in [0.05, 0.1) is 0 Å². The van der Waals surface area contributed by atoms with Gasteiger partial charge in [0, 0.05) is 6.70 Å². The van der Waals surface area contributed by atoms with E-state index >= 15 is 0 Å². The zero-order valence-electron chi connectivity index (χ0n) is 6.07. The zero-order chi connectivity index (χ0) is 6.69. The Morgan fingerprint density at radius 2 is 2.12 bits per heavy atom. The fourth-order valence-electron chi connectivity index (χ4n) is 1.15. The van der Waals surface area contributed by atoms with Crippen molar-refractivity contribution in [2.75, 3.05) is 5.33 Å². The van der Waals surface area contributed by atoms with E-state index in [9.17, 15) is 0 Å². The summed E-state index contributed by atoms with van der Waals surface area (Å²) in [5, 5.41) is 1.14. The Bertz CT molecular complexity index is 77.0. The Balaban J connectivity index is 2.18. The molecule has 1 saturated carbocycles. The fraction of sp³-hybridized carbons (Fsp3) is 1.00. The summed E-state index contributed by atoms with van der Waals surface area (Å²) in [6, 6.07) is 0. The molecule has 0 spiro atoms. The maximum Gasteiger partial charge on any atom is 0.0267 e. The maximum absolute atomic E-state index is 7.42. The van der Waals surface area contributed by atoms with Gasteiger partial charge >= 0.3 is 0 Å². The van der Waals surface area contributed by atoms with Gasteiger partial charge in [0.15, 0.2) is 0 Å². The van der Waals surface area contributed by atoms with Crippen molar-refractivity contribution >= 4 is 15.9 Å². The molecule has 1 aliphatic carbocycles. The standard InChI is InChI=1S/C7H13Br/c8-6-7-4-2-1-3-5-7/h7H,1-6H2/i1D. The highest BCUT2D eigenvalue weighted by atomic mass is 79.9. The molecule has 0 atom stereocenters. The molecule has 0 unspecified atom stereocenters. The van der Waals surface area contributed by atoms with Gasteiger partial charge in [-0.2, -0.15) is 0 Å². The lowest BCUT2D eigenvalue weighted by atomic mass is 9.91. The first-order valence-corrected chi connectivity index (χ1v) is 4.43. The predicted molar refractivity (Wildman–Crippen MR) is 40.4 cm³/mol. The minimum atomic E-state index is 0.250. The summed E-state index contributed by atoms with van der Waals surface area (Å²) in [4.78, 5) is 0. The molecule has 1 aliphatic rings. The van der Waals surface area contributed by atoms with Gasteiger partial charge in [0.1, 0.15) is 0 Å². The normalized spacial score (nSPS) is 41.4. The Morgan fingerprint density at radius 1 is 1.50 bits per heavy atom. The van der Waals surface area contributed by atoms with Crippen molar-refractivity contribution in [2.24, 2.45) is 5.92 Å². The van der Waals surface area contributed by atoms with Gasteiger partial charge in [-0.05, 0) is 18.8 Å². The summed E-state index contributed by atoms with van der Waals surface area (Å²) in [5.74, 6) is 0.867. The number of hydrogen-bond acceptors (Lipinski definition) is 0. The first-order valence-electron chi connectivity index (χ1n) is 3.89. The molecule has 48 valence electrons. The van der Waals surface area contributed by atoms with E-state index in [1.807, 2.05) is 0 Å². The van der Waals surface area contributed by atoms with E-state index < -0.39 is 0 Å². The van der Waals surface area contributed by atoms with Crippen molar-refractivity contribution < 1.29 is 1.37 Å². The summed E-state index contributed by atoms with van der Waals surface area (Å²) in [7, 11) is 0. The van der Waals surface area contributed by atoms with Crippen LogP contribution in [0.3, 0.4) is 0 Å². The molecule has 0 saturated heterocycles.